The Morgan fingerprint density at radius 3 is 2.63 bits per heavy atom. The molecule has 0 unspecified atom stereocenters. The number of halogens is 2. The summed E-state index contributed by atoms with van der Waals surface area (Å²) in [6, 6.07) is 2.05. The van der Waals surface area contributed by atoms with Crippen molar-refractivity contribution in [2.45, 2.75) is 4.90 Å². The number of hydrogen-bond acceptors (Lipinski definition) is 4. The number of anilines is 1. The monoisotopic (exact) mass is 426 g/mol. The summed E-state index contributed by atoms with van der Waals surface area (Å²) in [4.78, 5) is 16.5. The molecule has 0 atom stereocenters. The zero-order valence-electron chi connectivity index (χ0n) is 19.6. The van der Waals surface area contributed by atoms with Crippen molar-refractivity contribution in [3.05, 3.63) is 76.3 Å². The molecule has 0 bridgehead atoms. The van der Waals surface area contributed by atoms with Crippen LogP contribution >= 0.6 is 23.2 Å². The number of aromatic nitrogens is 1. The van der Waals surface area contributed by atoms with Crippen LogP contribution in [-0.4, -0.2) is 25.6 Å². The highest BCUT2D eigenvalue weighted by Gasteiger charge is 2.15. The average molecular weight is 427 g/mol. The lowest BCUT2D eigenvalue weighted by Gasteiger charge is -2.10. The summed E-state index contributed by atoms with van der Waals surface area (Å²) in [5, 5.41) is 2.03. The maximum Gasteiger partial charge on any atom is 0.257 e. The molecule has 0 aliphatic rings. The predicted molar refractivity (Wildman–Crippen MR) is 107 cm³/mol. The van der Waals surface area contributed by atoms with Gasteiger partial charge in [0.2, 0.25) is 0 Å². The zero-order chi connectivity index (χ0) is 24.8. The Hall–Kier alpha value is -2.41. The molecule has 0 aliphatic heterocycles. The van der Waals surface area contributed by atoms with Gasteiger partial charge in [-0.1, -0.05) is 29.2 Å². The molecular weight excluding hydrogens is 407 g/mol. The smallest absolute Gasteiger partial charge is 0.257 e. The van der Waals surface area contributed by atoms with Crippen LogP contribution in [0, 0.1) is 0 Å². The van der Waals surface area contributed by atoms with Gasteiger partial charge in [-0.3, -0.25) is 9.78 Å². The average Bonchev–Trinajstić information content (AvgIpc) is 2.72. The number of rotatable bonds is 4. The van der Waals surface area contributed by atoms with Crippen molar-refractivity contribution < 1.29 is 21.4 Å². The van der Waals surface area contributed by atoms with Crippen molar-refractivity contribution in [3.63, 3.8) is 0 Å². The number of amides is 1. The van der Waals surface area contributed by atoms with Crippen molar-refractivity contribution in [2.75, 3.05) is 11.6 Å². The fourth-order valence-corrected chi connectivity index (χ4v) is 3.28. The molecule has 0 saturated heterocycles. The van der Waals surface area contributed by atoms with Crippen LogP contribution in [0.15, 0.2) is 65.5 Å². The minimum Gasteiger partial charge on any atom is -0.322 e. The molecule has 27 heavy (non-hydrogen) atoms. The van der Waals surface area contributed by atoms with E-state index >= 15 is 0 Å². The summed E-state index contributed by atoms with van der Waals surface area (Å²) >= 11 is 12.2. The molecule has 0 aliphatic carbocycles. The third-order valence-electron chi connectivity index (χ3n) is 3.39. The molecule has 0 radical (unpaired) electrons. The quantitative estimate of drug-likeness (QED) is 0.654. The fourth-order valence-electron chi connectivity index (χ4n) is 2.11. The van der Waals surface area contributed by atoms with E-state index in [0.717, 1.165) is 18.4 Å². The van der Waals surface area contributed by atoms with Crippen LogP contribution in [0.5, 0.6) is 0 Å². The molecule has 1 aromatic heterocycles. The number of sulfone groups is 1. The third kappa shape index (κ3) is 4.47. The second kappa shape index (κ2) is 7.68. The number of nitrogens with zero attached hydrogens (tertiary/aromatic N) is 1. The normalized spacial score (nSPS) is 14.3. The minimum atomic E-state index is -3.55. The molecule has 0 saturated carbocycles. The van der Waals surface area contributed by atoms with Crippen LogP contribution in [0.25, 0.3) is 11.3 Å². The van der Waals surface area contributed by atoms with Crippen LogP contribution in [0.4, 0.5) is 5.69 Å². The van der Waals surface area contributed by atoms with E-state index in [-0.39, 0.29) is 43.5 Å². The highest BCUT2D eigenvalue weighted by Crippen LogP contribution is 2.30. The van der Waals surface area contributed by atoms with Crippen molar-refractivity contribution in [3.8, 4) is 11.3 Å². The maximum atomic E-state index is 12.8. The third-order valence-corrected chi connectivity index (χ3v) is 5.11. The van der Waals surface area contributed by atoms with Crippen molar-refractivity contribution in [1.29, 1.82) is 0 Å². The molecule has 0 fully saturated rings. The van der Waals surface area contributed by atoms with Gasteiger partial charge >= 0.3 is 0 Å². The van der Waals surface area contributed by atoms with Gasteiger partial charge in [-0.05, 0) is 48.4 Å². The number of benzene rings is 2. The van der Waals surface area contributed by atoms with Gasteiger partial charge in [0, 0.05) is 23.7 Å². The molecule has 3 aromatic rings. The summed E-state index contributed by atoms with van der Waals surface area (Å²) in [7, 11) is -3.55. The Morgan fingerprint density at radius 1 is 1.15 bits per heavy atom. The van der Waals surface area contributed by atoms with E-state index in [4.69, 9.17) is 31.4 Å². The Bertz CT molecular complexity index is 1430. The largest absolute Gasteiger partial charge is 0.322 e. The minimum absolute atomic E-state index is 0.0931. The highest BCUT2D eigenvalue weighted by molar-refractivity contribution is 7.90. The Kier molecular flexibility index (Phi) is 3.66. The van der Waals surface area contributed by atoms with Gasteiger partial charge in [0.15, 0.2) is 9.84 Å². The van der Waals surface area contributed by atoms with E-state index in [0.29, 0.717) is 0 Å². The highest BCUT2D eigenvalue weighted by atomic mass is 35.5. The van der Waals surface area contributed by atoms with E-state index in [2.05, 4.69) is 10.3 Å². The van der Waals surface area contributed by atoms with E-state index in [9.17, 15) is 13.2 Å². The number of nitrogens with one attached hydrogen (secondary N) is 1. The van der Waals surface area contributed by atoms with Crippen molar-refractivity contribution in [2.24, 2.45) is 0 Å². The standard InChI is InChI=1S/C19H14Cl2N2O3S/c1-27(25,26)13-6-7-14(17(21)11-13)19(24)23-12-5-8-16(20)15(10-12)18-4-2-3-9-22-18/h2-11H,1H3,(H,23,24)/i2D,3D,4D,5D,9D,10D. The molecule has 3 rings (SSSR count). The second-order valence-corrected chi connectivity index (χ2v) is 8.16. The predicted octanol–water partition coefficient (Wildman–Crippen LogP) is 4.71. The lowest BCUT2D eigenvalue weighted by Crippen LogP contribution is -2.13. The second-order valence-electron chi connectivity index (χ2n) is 5.33. The fraction of sp³-hybridized carbons (Fsp3) is 0.0526. The first-order valence-corrected chi connectivity index (χ1v) is 9.94. The first kappa shape index (κ1) is 12.9. The van der Waals surface area contributed by atoms with Crippen LogP contribution in [0.3, 0.4) is 0 Å². The molecule has 8 heteroatoms. The SMILES string of the molecule is [2H]c1cc(Cl)c(-c2nc([2H])c([2H])c([2H])c2[2H])c([2H])c1NC(=O)c1ccc(S(C)(=O)=O)cc1Cl. The lowest BCUT2D eigenvalue weighted by atomic mass is 10.1. The molecule has 1 amide bonds. The lowest BCUT2D eigenvalue weighted by molar-refractivity contribution is 0.102. The summed E-state index contributed by atoms with van der Waals surface area (Å²) in [5.74, 6) is -0.835. The topological polar surface area (TPSA) is 76.1 Å². The van der Waals surface area contributed by atoms with Crippen LogP contribution < -0.4 is 5.32 Å². The van der Waals surface area contributed by atoms with Gasteiger partial charge in [-0.2, -0.15) is 0 Å². The van der Waals surface area contributed by atoms with Gasteiger partial charge in [0.25, 0.3) is 5.91 Å². The number of hydrogen-bond donors (Lipinski definition) is 1. The van der Waals surface area contributed by atoms with Crippen molar-refractivity contribution in [1.82, 2.24) is 4.98 Å². The molecule has 5 nitrogen and oxygen atoms in total. The summed E-state index contributed by atoms with van der Waals surface area (Å²) in [5.41, 5.74) is -0.938. The van der Waals surface area contributed by atoms with Gasteiger partial charge in [-0.15, -0.1) is 0 Å². The van der Waals surface area contributed by atoms with Crippen LogP contribution in [-0.2, 0) is 9.84 Å². The van der Waals surface area contributed by atoms with Gasteiger partial charge in [0.1, 0.15) is 0 Å². The van der Waals surface area contributed by atoms with E-state index in [1.807, 2.05) is 0 Å². The molecular formula is C19H14Cl2N2O3S. The number of pyridine rings is 1. The number of carbonyl (C=O) groups is 1. The van der Waals surface area contributed by atoms with Gasteiger partial charge in [-0.25, -0.2) is 8.42 Å². The summed E-state index contributed by atoms with van der Waals surface area (Å²) < 4.78 is 71.1. The first-order chi connectivity index (χ1) is 15.2. The summed E-state index contributed by atoms with van der Waals surface area (Å²) in [6.45, 7) is 0. The molecule has 1 N–H and O–H groups in total. The van der Waals surface area contributed by atoms with Gasteiger partial charge in [0.05, 0.1) is 34.4 Å². The maximum absolute atomic E-state index is 12.8. The Morgan fingerprint density at radius 2 is 1.93 bits per heavy atom. The summed E-state index contributed by atoms with van der Waals surface area (Å²) in [6.07, 6.45) is 0.387. The molecule has 2 aromatic carbocycles. The molecule has 0 spiro atoms. The van der Waals surface area contributed by atoms with Crippen LogP contribution in [0.2, 0.25) is 10.0 Å². The van der Waals surface area contributed by atoms with E-state index in [1.54, 1.807) is 0 Å². The van der Waals surface area contributed by atoms with E-state index < -0.39 is 46.1 Å². The Labute approximate surface area is 175 Å². The van der Waals surface area contributed by atoms with E-state index in [1.165, 1.54) is 12.1 Å². The number of carbonyl (C=O) groups excluding carboxylic acids is 1. The van der Waals surface area contributed by atoms with Crippen molar-refractivity contribution >= 4 is 44.6 Å². The zero-order valence-corrected chi connectivity index (χ0v) is 16.0. The molecule has 138 valence electrons. The Balaban J connectivity index is 2.11. The molecule has 1 heterocycles. The first-order valence-electron chi connectivity index (χ1n) is 10.3. The van der Waals surface area contributed by atoms with Crippen LogP contribution in [0.1, 0.15) is 18.6 Å². The van der Waals surface area contributed by atoms with Gasteiger partial charge < -0.3 is 5.32 Å².